The normalized spacial score (nSPS) is 12.2. The summed E-state index contributed by atoms with van der Waals surface area (Å²) >= 11 is 6.19. The van der Waals surface area contributed by atoms with E-state index in [1.165, 1.54) is 35.2 Å². The van der Waals surface area contributed by atoms with Crippen LogP contribution in [0.1, 0.15) is 37.8 Å². The maximum Gasteiger partial charge on any atom is 0.244 e. The van der Waals surface area contributed by atoms with E-state index in [-0.39, 0.29) is 18.1 Å². The van der Waals surface area contributed by atoms with E-state index in [1.54, 1.807) is 26.0 Å². The highest BCUT2D eigenvalue weighted by molar-refractivity contribution is 7.92. The summed E-state index contributed by atoms with van der Waals surface area (Å²) in [5, 5.41) is 3.17. The molecule has 0 aliphatic carbocycles. The highest BCUT2D eigenvalue weighted by Crippen LogP contribution is 2.25. The van der Waals surface area contributed by atoms with Gasteiger partial charge in [-0.3, -0.25) is 13.9 Å². The third kappa shape index (κ3) is 7.43. The smallest absolute Gasteiger partial charge is 0.244 e. The van der Waals surface area contributed by atoms with Crippen LogP contribution in [-0.2, 0) is 26.2 Å². The van der Waals surface area contributed by atoms with Gasteiger partial charge in [0.25, 0.3) is 0 Å². The number of amides is 2. The Bertz CT molecular complexity index is 1110. The van der Waals surface area contributed by atoms with Crippen molar-refractivity contribution in [3.63, 3.8) is 0 Å². The van der Waals surface area contributed by atoms with Crippen LogP contribution in [0, 0.1) is 12.7 Å². The molecule has 7 nitrogen and oxygen atoms in total. The molecule has 0 saturated heterocycles. The Morgan fingerprint density at radius 2 is 1.76 bits per heavy atom. The number of halogens is 2. The molecule has 1 atom stereocenters. The van der Waals surface area contributed by atoms with E-state index in [0.29, 0.717) is 23.6 Å². The summed E-state index contributed by atoms with van der Waals surface area (Å²) in [6.45, 7) is 5.42. The molecule has 0 bridgehead atoms. The van der Waals surface area contributed by atoms with Crippen LogP contribution < -0.4 is 9.62 Å². The summed E-state index contributed by atoms with van der Waals surface area (Å²) in [6, 6.07) is 9.50. The minimum absolute atomic E-state index is 0.0173. The molecule has 1 N–H and O–H groups in total. The number of benzene rings is 2. The largest absolute Gasteiger partial charge is 0.354 e. The van der Waals surface area contributed by atoms with E-state index in [0.717, 1.165) is 22.5 Å². The first kappa shape index (κ1) is 27.6. The zero-order chi connectivity index (χ0) is 25.5. The van der Waals surface area contributed by atoms with Gasteiger partial charge in [0.05, 0.1) is 11.9 Å². The Kier molecular flexibility index (Phi) is 9.88. The predicted octanol–water partition coefficient (Wildman–Crippen LogP) is 3.89. The van der Waals surface area contributed by atoms with Crippen molar-refractivity contribution in [2.75, 3.05) is 23.7 Å². The van der Waals surface area contributed by atoms with Crippen molar-refractivity contribution >= 4 is 39.1 Å². The van der Waals surface area contributed by atoms with Gasteiger partial charge in [0.1, 0.15) is 18.4 Å². The lowest BCUT2D eigenvalue weighted by molar-refractivity contribution is -0.140. The fourth-order valence-corrected chi connectivity index (χ4v) is 4.44. The summed E-state index contributed by atoms with van der Waals surface area (Å²) in [4.78, 5) is 27.7. The molecule has 0 saturated carbocycles. The number of nitrogens with one attached hydrogen (secondary N) is 1. The van der Waals surface area contributed by atoms with Crippen molar-refractivity contribution in [1.82, 2.24) is 10.2 Å². The summed E-state index contributed by atoms with van der Waals surface area (Å²) in [6.07, 6.45) is 2.05. The first-order chi connectivity index (χ1) is 16.0. The van der Waals surface area contributed by atoms with E-state index >= 15 is 0 Å². The van der Waals surface area contributed by atoms with Crippen LogP contribution in [0.2, 0.25) is 5.02 Å². The van der Waals surface area contributed by atoms with Gasteiger partial charge in [0.2, 0.25) is 21.8 Å². The molecule has 0 radical (unpaired) electrons. The van der Waals surface area contributed by atoms with Crippen LogP contribution in [0.4, 0.5) is 10.1 Å². The Hall–Kier alpha value is -2.65. The lowest BCUT2D eigenvalue weighted by Gasteiger charge is -2.33. The van der Waals surface area contributed by atoms with Gasteiger partial charge in [-0.05, 0) is 55.2 Å². The van der Waals surface area contributed by atoms with Gasteiger partial charge < -0.3 is 10.2 Å². The van der Waals surface area contributed by atoms with Gasteiger partial charge in [-0.15, -0.1) is 0 Å². The van der Waals surface area contributed by atoms with Crippen molar-refractivity contribution in [1.29, 1.82) is 0 Å². The minimum atomic E-state index is -3.84. The minimum Gasteiger partial charge on any atom is -0.354 e. The fourth-order valence-electron chi connectivity index (χ4n) is 3.42. The average Bonchev–Trinajstić information content (AvgIpc) is 2.78. The van der Waals surface area contributed by atoms with Gasteiger partial charge in [0.15, 0.2) is 0 Å². The molecule has 0 unspecified atom stereocenters. The summed E-state index contributed by atoms with van der Waals surface area (Å²) in [7, 11) is -3.84. The number of hydrogen-bond donors (Lipinski definition) is 1. The molecule has 2 amide bonds. The molecule has 0 aliphatic rings. The number of sulfonamides is 1. The van der Waals surface area contributed by atoms with Gasteiger partial charge >= 0.3 is 0 Å². The zero-order valence-electron chi connectivity index (χ0n) is 19.8. The summed E-state index contributed by atoms with van der Waals surface area (Å²) < 4.78 is 39.5. The van der Waals surface area contributed by atoms with Gasteiger partial charge in [-0.1, -0.05) is 43.6 Å². The molecule has 10 heteroatoms. The molecule has 2 aromatic rings. The Labute approximate surface area is 205 Å². The monoisotopic (exact) mass is 511 g/mol. The number of anilines is 1. The average molecular weight is 512 g/mol. The van der Waals surface area contributed by atoms with Crippen molar-refractivity contribution < 1.29 is 22.4 Å². The van der Waals surface area contributed by atoms with E-state index in [2.05, 4.69) is 5.32 Å². The first-order valence-electron chi connectivity index (χ1n) is 11.0. The van der Waals surface area contributed by atoms with Crippen molar-refractivity contribution in [2.45, 2.75) is 46.2 Å². The van der Waals surface area contributed by atoms with E-state index in [4.69, 9.17) is 11.6 Å². The maximum atomic E-state index is 13.5. The second-order valence-electron chi connectivity index (χ2n) is 8.07. The van der Waals surface area contributed by atoms with Crippen LogP contribution in [0.25, 0.3) is 0 Å². The lowest BCUT2D eigenvalue weighted by atomic mass is 10.1. The molecule has 0 heterocycles. The standard InChI is InChI=1S/C24H31ClFN3O4S/c1-5-13-27-24(31)22(6-2)28(15-18-8-10-19(26)11-9-18)23(30)16-29(34(4,32)33)20-12-7-17(3)21(25)14-20/h7-12,14,22H,5-6,13,15-16H2,1-4H3,(H,27,31)/t22-/m1/s1. The van der Waals surface area contributed by atoms with Crippen molar-refractivity contribution in [2.24, 2.45) is 0 Å². The van der Waals surface area contributed by atoms with Gasteiger partial charge in [0, 0.05) is 18.1 Å². The third-order valence-electron chi connectivity index (χ3n) is 5.32. The van der Waals surface area contributed by atoms with Gasteiger partial charge in [-0.2, -0.15) is 0 Å². The number of carbonyl (C=O) groups excluding carboxylic acids is 2. The summed E-state index contributed by atoms with van der Waals surface area (Å²) in [5.41, 5.74) is 1.62. The van der Waals surface area contributed by atoms with Crippen LogP contribution >= 0.6 is 11.6 Å². The maximum absolute atomic E-state index is 13.5. The Balaban J connectivity index is 2.43. The molecule has 0 aromatic heterocycles. The predicted molar refractivity (Wildman–Crippen MR) is 133 cm³/mol. The SMILES string of the molecule is CCCNC(=O)[C@@H](CC)N(Cc1ccc(F)cc1)C(=O)CN(c1ccc(C)c(Cl)c1)S(C)(=O)=O. The summed E-state index contributed by atoms with van der Waals surface area (Å²) in [5.74, 6) is -1.32. The first-order valence-corrected chi connectivity index (χ1v) is 13.3. The molecule has 34 heavy (non-hydrogen) atoms. The lowest BCUT2D eigenvalue weighted by Crippen LogP contribution is -2.52. The Morgan fingerprint density at radius 1 is 1.12 bits per heavy atom. The molecule has 0 fully saturated rings. The van der Waals surface area contributed by atoms with Crippen LogP contribution in [0.15, 0.2) is 42.5 Å². The number of hydrogen-bond acceptors (Lipinski definition) is 4. The third-order valence-corrected chi connectivity index (χ3v) is 6.87. The van der Waals surface area contributed by atoms with Crippen molar-refractivity contribution in [3.8, 4) is 0 Å². The molecule has 2 aromatic carbocycles. The number of carbonyl (C=O) groups is 2. The highest BCUT2D eigenvalue weighted by Gasteiger charge is 2.31. The molecule has 0 aliphatic heterocycles. The molecular weight excluding hydrogens is 481 g/mol. The molecule has 186 valence electrons. The van der Waals surface area contributed by atoms with Crippen LogP contribution in [-0.4, -0.2) is 50.5 Å². The highest BCUT2D eigenvalue weighted by atomic mass is 35.5. The van der Waals surface area contributed by atoms with E-state index in [9.17, 15) is 22.4 Å². The fraction of sp³-hybridized carbons (Fsp3) is 0.417. The van der Waals surface area contributed by atoms with Crippen LogP contribution in [0.5, 0.6) is 0 Å². The second kappa shape index (κ2) is 12.2. The Morgan fingerprint density at radius 3 is 2.29 bits per heavy atom. The molecular formula is C24H31ClFN3O4S. The number of rotatable bonds is 11. The molecule has 0 spiro atoms. The van der Waals surface area contributed by atoms with Crippen molar-refractivity contribution in [3.05, 3.63) is 64.4 Å². The second-order valence-corrected chi connectivity index (χ2v) is 10.4. The van der Waals surface area contributed by atoms with Gasteiger partial charge in [-0.25, -0.2) is 12.8 Å². The molecule has 2 rings (SSSR count). The van der Waals surface area contributed by atoms with E-state index in [1.807, 2.05) is 6.92 Å². The topological polar surface area (TPSA) is 86.8 Å². The zero-order valence-corrected chi connectivity index (χ0v) is 21.4. The number of nitrogens with zero attached hydrogens (tertiary/aromatic N) is 2. The van der Waals surface area contributed by atoms with E-state index < -0.39 is 34.3 Å². The quantitative estimate of drug-likeness (QED) is 0.496. The van der Waals surface area contributed by atoms with Crippen LogP contribution in [0.3, 0.4) is 0 Å². The number of aryl methyl sites for hydroxylation is 1.